The lowest BCUT2D eigenvalue weighted by Crippen LogP contribution is -2.34. The fraction of sp³-hybridized carbons (Fsp3) is 0.538. The van der Waals surface area contributed by atoms with Crippen LogP contribution in [0, 0.1) is 11.8 Å². The molecule has 2 rings (SSSR count). The summed E-state index contributed by atoms with van der Waals surface area (Å²) in [5.41, 5.74) is 2.20. The summed E-state index contributed by atoms with van der Waals surface area (Å²) in [6, 6.07) is 2.02. The topological polar surface area (TPSA) is 33.2 Å². The van der Waals surface area contributed by atoms with Crippen LogP contribution in [0.4, 0.5) is 5.69 Å². The summed E-state index contributed by atoms with van der Waals surface area (Å²) < 4.78 is 0. The number of anilines is 1. The van der Waals surface area contributed by atoms with Gasteiger partial charge in [-0.25, -0.2) is 0 Å². The molecule has 1 atom stereocenters. The first-order valence-electron chi connectivity index (χ1n) is 5.81. The molecule has 0 bridgehead atoms. The number of amides is 1. The maximum atomic E-state index is 12.2. The molecule has 0 radical (unpaired) electrons. The van der Waals surface area contributed by atoms with Crippen molar-refractivity contribution in [3.63, 3.8) is 0 Å². The minimum atomic E-state index is 0.136. The first kappa shape index (κ1) is 11.1. The highest BCUT2D eigenvalue weighted by molar-refractivity contribution is 5.95. The lowest BCUT2D eigenvalue weighted by atomic mass is 9.90. The maximum absolute atomic E-state index is 12.2. The van der Waals surface area contributed by atoms with Crippen LogP contribution in [-0.4, -0.2) is 17.9 Å². The first-order chi connectivity index (χ1) is 7.61. The number of pyridine rings is 1. The van der Waals surface area contributed by atoms with Crippen molar-refractivity contribution < 1.29 is 4.79 Å². The molecule has 0 aliphatic carbocycles. The molecule has 2 heterocycles. The number of aromatic nitrogens is 1. The number of fused-ring (bicyclic) bond motifs is 1. The third kappa shape index (κ3) is 1.82. The lowest BCUT2D eigenvalue weighted by Gasteiger charge is -2.23. The van der Waals surface area contributed by atoms with E-state index in [1.54, 1.807) is 17.3 Å². The summed E-state index contributed by atoms with van der Waals surface area (Å²) in [6.07, 6.45) is 5.50. The lowest BCUT2D eigenvalue weighted by molar-refractivity contribution is -0.123. The molecule has 16 heavy (non-hydrogen) atoms. The molecule has 1 aromatic rings. The van der Waals surface area contributed by atoms with Gasteiger partial charge in [0.05, 0.1) is 11.9 Å². The predicted molar refractivity (Wildman–Crippen MR) is 64.3 cm³/mol. The smallest absolute Gasteiger partial charge is 0.230 e. The number of hydrogen-bond acceptors (Lipinski definition) is 2. The Morgan fingerprint density at radius 2 is 2.25 bits per heavy atom. The average Bonchev–Trinajstić information content (AvgIpc) is 2.39. The van der Waals surface area contributed by atoms with E-state index in [9.17, 15) is 4.79 Å². The van der Waals surface area contributed by atoms with E-state index in [-0.39, 0.29) is 11.8 Å². The van der Waals surface area contributed by atoms with E-state index < -0.39 is 0 Å². The van der Waals surface area contributed by atoms with E-state index in [1.165, 1.54) is 5.56 Å². The molecule has 1 aliphatic heterocycles. The van der Waals surface area contributed by atoms with E-state index in [1.807, 2.05) is 13.1 Å². The van der Waals surface area contributed by atoms with Crippen LogP contribution in [0.25, 0.3) is 0 Å². The molecule has 3 nitrogen and oxygen atoms in total. The van der Waals surface area contributed by atoms with Gasteiger partial charge in [0, 0.05) is 19.2 Å². The number of rotatable bonds is 1. The zero-order chi connectivity index (χ0) is 11.7. The van der Waals surface area contributed by atoms with Crippen LogP contribution in [0.2, 0.25) is 0 Å². The first-order valence-corrected chi connectivity index (χ1v) is 5.81. The summed E-state index contributed by atoms with van der Waals surface area (Å²) in [6.45, 7) is 4.23. The Bertz CT molecular complexity index is 401. The monoisotopic (exact) mass is 218 g/mol. The Hall–Kier alpha value is -1.38. The molecule has 1 amide bonds. The van der Waals surface area contributed by atoms with Crippen LogP contribution in [0.5, 0.6) is 0 Å². The second-order valence-electron chi connectivity index (χ2n) is 4.79. The molecule has 1 aliphatic rings. The van der Waals surface area contributed by atoms with E-state index >= 15 is 0 Å². The molecule has 0 saturated carbocycles. The van der Waals surface area contributed by atoms with Crippen molar-refractivity contribution in [1.29, 1.82) is 0 Å². The Balaban J connectivity index is 2.37. The number of hydrogen-bond donors (Lipinski definition) is 0. The van der Waals surface area contributed by atoms with Crippen LogP contribution < -0.4 is 4.90 Å². The van der Waals surface area contributed by atoms with Crippen molar-refractivity contribution >= 4 is 11.6 Å². The van der Waals surface area contributed by atoms with Gasteiger partial charge in [-0.2, -0.15) is 0 Å². The van der Waals surface area contributed by atoms with Gasteiger partial charge in [0.1, 0.15) is 0 Å². The zero-order valence-corrected chi connectivity index (χ0v) is 10.1. The Morgan fingerprint density at radius 3 is 2.94 bits per heavy atom. The molecule has 0 spiro atoms. The molecular formula is C13H18N2O. The van der Waals surface area contributed by atoms with Gasteiger partial charge < -0.3 is 4.90 Å². The summed E-state index contributed by atoms with van der Waals surface area (Å²) >= 11 is 0. The molecule has 0 saturated heterocycles. The van der Waals surface area contributed by atoms with Crippen molar-refractivity contribution in [1.82, 2.24) is 4.98 Å². The van der Waals surface area contributed by atoms with Crippen LogP contribution in [0.1, 0.15) is 25.8 Å². The fourth-order valence-corrected chi connectivity index (χ4v) is 2.35. The quantitative estimate of drug-likeness (QED) is 0.724. The van der Waals surface area contributed by atoms with Crippen LogP contribution >= 0.6 is 0 Å². The molecule has 0 aromatic carbocycles. The van der Waals surface area contributed by atoms with Crippen LogP contribution in [0.3, 0.4) is 0 Å². The van der Waals surface area contributed by atoms with Gasteiger partial charge in [-0.1, -0.05) is 13.8 Å². The normalized spacial score (nSPS) is 20.9. The van der Waals surface area contributed by atoms with Crippen molar-refractivity contribution in [3.05, 3.63) is 24.0 Å². The maximum Gasteiger partial charge on any atom is 0.230 e. The SMILES string of the molecule is CC(C)C1CCc2ccncc2N(C)C1=O. The number of aryl methyl sites for hydroxylation is 1. The Labute approximate surface area is 96.5 Å². The van der Waals surface area contributed by atoms with E-state index in [4.69, 9.17) is 0 Å². The number of carbonyl (C=O) groups is 1. The third-order valence-corrected chi connectivity index (χ3v) is 3.43. The molecule has 1 unspecified atom stereocenters. The van der Waals surface area contributed by atoms with Gasteiger partial charge in [-0.15, -0.1) is 0 Å². The van der Waals surface area contributed by atoms with Gasteiger partial charge >= 0.3 is 0 Å². The highest BCUT2D eigenvalue weighted by Gasteiger charge is 2.29. The second-order valence-corrected chi connectivity index (χ2v) is 4.79. The number of nitrogens with zero attached hydrogens (tertiary/aromatic N) is 2. The van der Waals surface area contributed by atoms with E-state index in [0.29, 0.717) is 5.92 Å². The van der Waals surface area contributed by atoms with Crippen molar-refractivity contribution in [3.8, 4) is 0 Å². The summed E-state index contributed by atoms with van der Waals surface area (Å²) in [4.78, 5) is 18.1. The zero-order valence-electron chi connectivity index (χ0n) is 10.1. The van der Waals surface area contributed by atoms with Gasteiger partial charge in [0.15, 0.2) is 0 Å². The second kappa shape index (κ2) is 4.24. The van der Waals surface area contributed by atoms with Crippen molar-refractivity contribution in [2.24, 2.45) is 11.8 Å². The molecule has 3 heteroatoms. The Morgan fingerprint density at radius 1 is 1.50 bits per heavy atom. The molecule has 1 aromatic heterocycles. The van der Waals surface area contributed by atoms with Gasteiger partial charge in [-0.3, -0.25) is 9.78 Å². The van der Waals surface area contributed by atoms with E-state index in [2.05, 4.69) is 18.8 Å². The van der Waals surface area contributed by atoms with Crippen LogP contribution in [-0.2, 0) is 11.2 Å². The average molecular weight is 218 g/mol. The van der Waals surface area contributed by atoms with Gasteiger partial charge in [0.2, 0.25) is 5.91 Å². The minimum absolute atomic E-state index is 0.136. The molecule has 0 N–H and O–H groups in total. The fourth-order valence-electron chi connectivity index (χ4n) is 2.35. The largest absolute Gasteiger partial charge is 0.313 e. The minimum Gasteiger partial charge on any atom is -0.313 e. The van der Waals surface area contributed by atoms with Crippen molar-refractivity contribution in [2.45, 2.75) is 26.7 Å². The molecule has 0 fully saturated rings. The summed E-state index contributed by atoms with van der Waals surface area (Å²) in [7, 11) is 1.85. The predicted octanol–water partition coefficient (Wildman–Crippen LogP) is 2.26. The molecular weight excluding hydrogens is 200 g/mol. The highest BCUT2D eigenvalue weighted by Crippen LogP contribution is 2.30. The molecule has 86 valence electrons. The van der Waals surface area contributed by atoms with Gasteiger partial charge in [0.25, 0.3) is 0 Å². The number of carbonyl (C=O) groups excluding carboxylic acids is 1. The van der Waals surface area contributed by atoms with Crippen LogP contribution in [0.15, 0.2) is 18.5 Å². The highest BCUT2D eigenvalue weighted by atomic mass is 16.2. The third-order valence-electron chi connectivity index (χ3n) is 3.43. The van der Waals surface area contributed by atoms with Gasteiger partial charge in [-0.05, 0) is 30.4 Å². The van der Waals surface area contributed by atoms with Crippen molar-refractivity contribution in [2.75, 3.05) is 11.9 Å². The standard InChI is InChI=1S/C13H18N2O/c1-9(2)11-5-4-10-6-7-14-8-12(10)15(3)13(11)16/h6-9,11H,4-5H2,1-3H3. The van der Waals surface area contributed by atoms with E-state index in [0.717, 1.165) is 18.5 Å². The Kier molecular flexibility index (Phi) is 2.95. The summed E-state index contributed by atoms with van der Waals surface area (Å²) in [5, 5.41) is 0. The summed E-state index contributed by atoms with van der Waals surface area (Å²) in [5.74, 6) is 0.761.